The van der Waals surface area contributed by atoms with Gasteiger partial charge >= 0.3 is 0 Å². The molecule has 0 fully saturated rings. The Labute approximate surface area is 66.4 Å². The summed E-state index contributed by atoms with van der Waals surface area (Å²) in [4.78, 5) is 10.9. The van der Waals surface area contributed by atoms with Crippen LogP contribution in [0.5, 0.6) is 0 Å². The molecule has 10 heavy (non-hydrogen) atoms. The van der Waals surface area contributed by atoms with E-state index in [0.29, 0.717) is 5.57 Å². The van der Waals surface area contributed by atoms with Crippen LogP contribution < -0.4 is 0 Å². The van der Waals surface area contributed by atoms with Crippen LogP contribution in [0.25, 0.3) is 0 Å². The highest BCUT2D eigenvalue weighted by atomic mass is 35.5. The molecule has 0 saturated carbocycles. The SMILES string of the molecule is C=C=C(CCC)C(=O)CCl. The van der Waals surface area contributed by atoms with Crippen LogP contribution in [0.15, 0.2) is 17.9 Å². The van der Waals surface area contributed by atoms with Crippen LogP contribution in [0, 0.1) is 0 Å². The normalized spacial score (nSPS) is 8.60. The van der Waals surface area contributed by atoms with E-state index >= 15 is 0 Å². The Morgan fingerprint density at radius 2 is 2.30 bits per heavy atom. The molecule has 0 aromatic heterocycles. The fourth-order valence-electron chi connectivity index (χ4n) is 0.657. The van der Waals surface area contributed by atoms with Crippen LogP contribution in [0.1, 0.15) is 19.8 Å². The zero-order chi connectivity index (χ0) is 7.98. The number of carbonyl (C=O) groups excluding carboxylic acids is 1. The zero-order valence-corrected chi connectivity index (χ0v) is 6.87. The molecule has 0 N–H and O–H groups in total. The highest BCUT2D eigenvalue weighted by Gasteiger charge is 2.04. The summed E-state index contributed by atoms with van der Waals surface area (Å²) in [5.41, 5.74) is 3.21. The highest BCUT2D eigenvalue weighted by Crippen LogP contribution is 2.04. The lowest BCUT2D eigenvalue weighted by molar-refractivity contribution is -0.113. The topological polar surface area (TPSA) is 17.1 Å². The van der Waals surface area contributed by atoms with Crippen molar-refractivity contribution in [2.45, 2.75) is 19.8 Å². The van der Waals surface area contributed by atoms with Crippen molar-refractivity contribution in [1.29, 1.82) is 0 Å². The summed E-state index contributed by atoms with van der Waals surface area (Å²) < 4.78 is 0. The molecule has 0 rings (SSSR count). The van der Waals surface area contributed by atoms with Gasteiger partial charge < -0.3 is 0 Å². The number of allylic oxidation sites excluding steroid dienone is 1. The molecular formula is C8H11ClO. The molecule has 0 aliphatic carbocycles. The summed E-state index contributed by atoms with van der Waals surface area (Å²) in [6.07, 6.45) is 1.66. The van der Waals surface area contributed by atoms with Gasteiger partial charge in [-0.15, -0.1) is 17.3 Å². The maximum Gasteiger partial charge on any atom is 0.181 e. The molecule has 0 aromatic rings. The second-order valence-corrected chi connectivity index (χ2v) is 2.23. The maximum atomic E-state index is 10.9. The van der Waals surface area contributed by atoms with E-state index in [9.17, 15) is 4.79 Å². The minimum atomic E-state index is -0.0569. The van der Waals surface area contributed by atoms with Gasteiger partial charge in [0.25, 0.3) is 0 Å². The second kappa shape index (κ2) is 5.28. The Morgan fingerprint density at radius 1 is 1.70 bits per heavy atom. The van der Waals surface area contributed by atoms with Crippen molar-refractivity contribution in [3.8, 4) is 0 Å². The van der Waals surface area contributed by atoms with E-state index in [0.717, 1.165) is 12.8 Å². The molecule has 0 radical (unpaired) electrons. The van der Waals surface area contributed by atoms with Crippen molar-refractivity contribution >= 4 is 17.4 Å². The monoisotopic (exact) mass is 158 g/mol. The highest BCUT2D eigenvalue weighted by molar-refractivity contribution is 6.30. The molecule has 0 spiro atoms. The third-order valence-electron chi connectivity index (χ3n) is 1.17. The number of alkyl halides is 1. The third kappa shape index (κ3) is 2.86. The van der Waals surface area contributed by atoms with Gasteiger partial charge in [0.15, 0.2) is 5.78 Å². The van der Waals surface area contributed by atoms with Crippen molar-refractivity contribution in [3.63, 3.8) is 0 Å². The summed E-state index contributed by atoms with van der Waals surface area (Å²) in [7, 11) is 0. The van der Waals surface area contributed by atoms with E-state index in [1.54, 1.807) is 0 Å². The minimum Gasteiger partial charge on any atom is -0.293 e. The van der Waals surface area contributed by atoms with Gasteiger partial charge in [-0.3, -0.25) is 4.79 Å². The summed E-state index contributed by atoms with van der Waals surface area (Å²) in [5, 5.41) is 0. The molecule has 0 amide bonds. The minimum absolute atomic E-state index is 0.0395. The van der Waals surface area contributed by atoms with E-state index in [2.05, 4.69) is 12.3 Å². The summed E-state index contributed by atoms with van der Waals surface area (Å²) in [6, 6.07) is 0. The standard InChI is InChI=1S/C8H11ClO/c1-3-5-7(4-2)8(10)6-9/h2-3,5-6H2,1H3. The van der Waals surface area contributed by atoms with Crippen molar-refractivity contribution in [2.24, 2.45) is 0 Å². The average molecular weight is 159 g/mol. The molecule has 56 valence electrons. The first kappa shape index (κ1) is 9.48. The van der Waals surface area contributed by atoms with Crippen LogP contribution in [0.2, 0.25) is 0 Å². The smallest absolute Gasteiger partial charge is 0.181 e. The van der Waals surface area contributed by atoms with Gasteiger partial charge in [-0.2, -0.15) is 0 Å². The average Bonchev–Trinajstić information content (AvgIpc) is 1.99. The van der Waals surface area contributed by atoms with Crippen molar-refractivity contribution in [2.75, 3.05) is 5.88 Å². The number of halogens is 1. The fourth-order valence-corrected chi connectivity index (χ4v) is 0.818. The van der Waals surface area contributed by atoms with Gasteiger partial charge in [-0.05, 0) is 6.42 Å². The zero-order valence-electron chi connectivity index (χ0n) is 6.11. The van der Waals surface area contributed by atoms with Crippen LogP contribution in [-0.2, 0) is 4.79 Å². The van der Waals surface area contributed by atoms with Crippen molar-refractivity contribution < 1.29 is 4.79 Å². The number of rotatable bonds is 4. The van der Waals surface area contributed by atoms with Gasteiger partial charge in [0, 0.05) is 5.57 Å². The molecule has 0 heterocycles. The predicted molar refractivity (Wildman–Crippen MR) is 43.3 cm³/mol. The van der Waals surface area contributed by atoms with Crippen LogP contribution in [0.4, 0.5) is 0 Å². The number of Topliss-reactive ketones (excluding diaryl/α,β-unsaturated/α-hetero) is 1. The lowest BCUT2D eigenvalue weighted by atomic mass is 10.1. The summed E-state index contributed by atoms with van der Waals surface area (Å²) in [6.45, 7) is 5.41. The molecule has 0 bridgehead atoms. The first-order valence-corrected chi connectivity index (χ1v) is 3.77. The number of carbonyl (C=O) groups is 1. The molecule has 2 heteroatoms. The summed E-state index contributed by atoms with van der Waals surface area (Å²) in [5.74, 6) is -0.0174. The van der Waals surface area contributed by atoms with Gasteiger partial charge in [0.05, 0.1) is 5.88 Å². The molecule has 0 aromatic carbocycles. The van der Waals surface area contributed by atoms with E-state index in [-0.39, 0.29) is 11.7 Å². The van der Waals surface area contributed by atoms with Crippen LogP contribution in [-0.4, -0.2) is 11.7 Å². The molecule has 0 aliphatic rings. The molecule has 0 unspecified atom stereocenters. The Hall–Kier alpha value is -0.520. The Balaban J connectivity index is 4.09. The quantitative estimate of drug-likeness (QED) is 0.349. The van der Waals surface area contributed by atoms with E-state index in [1.165, 1.54) is 0 Å². The molecule has 0 saturated heterocycles. The van der Waals surface area contributed by atoms with E-state index in [1.807, 2.05) is 6.92 Å². The van der Waals surface area contributed by atoms with Gasteiger partial charge in [-0.1, -0.05) is 19.9 Å². The Morgan fingerprint density at radius 3 is 2.60 bits per heavy atom. The molecule has 1 nitrogen and oxygen atoms in total. The van der Waals surface area contributed by atoms with Crippen LogP contribution in [0.3, 0.4) is 0 Å². The first-order valence-electron chi connectivity index (χ1n) is 3.24. The third-order valence-corrected chi connectivity index (χ3v) is 1.41. The summed E-state index contributed by atoms with van der Waals surface area (Å²) >= 11 is 5.32. The van der Waals surface area contributed by atoms with E-state index in [4.69, 9.17) is 11.6 Å². The lowest BCUT2D eigenvalue weighted by Gasteiger charge is -1.96. The van der Waals surface area contributed by atoms with Crippen molar-refractivity contribution in [3.05, 3.63) is 17.9 Å². The Bertz CT molecular complexity index is 166. The molecule has 0 aliphatic heterocycles. The Kier molecular flexibility index (Phi) is 5.00. The largest absolute Gasteiger partial charge is 0.293 e. The molecular weight excluding hydrogens is 148 g/mol. The maximum absolute atomic E-state index is 10.9. The predicted octanol–water partition coefficient (Wildman–Crippen LogP) is 2.31. The van der Waals surface area contributed by atoms with Gasteiger partial charge in [0.2, 0.25) is 0 Å². The fraction of sp³-hybridized carbons (Fsp3) is 0.500. The van der Waals surface area contributed by atoms with Gasteiger partial charge in [0.1, 0.15) is 0 Å². The van der Waals surface area contributed by atoms with Crippen LogP contribution >= 0.6 is 11.6 Å². The van der Waals surface area contributed by atoms with Crippen molar-refractivity contribution in [1.82, 2.24) is 0 Å². The number of hydrogen-bond donors (Lipinski definition) is 0. The lowest BCUT2D eigenvalue weighted by Crippen LogP contribution is -2.02. The number of ketones is 1. The molecule has 0 atom stereocenters. The van der Waals surface area contributed by atoms with E-state index < -0.39 is 0 Å². The second-order valence-electron chi connectivity index (χ2n) is 1.96. The van der Waals surface area contributed by atoms with Gasteiger partial charge in [-0.25, -0.2) is 0 Å². The number of hydrogen-bond acceptors (Lipinski definition) is 1. The first-order chi connectivity index (χ1) is 4.76.